The smallest absolute Gasteiger partial charge is 0.253 e. The average molecular weight is 351 g/mol. The lowest BCUT2D eigenvalue weighted by molar-refractivity contribution is 0.0785. The molecule has 1 aromatic heterocycles. The summed E-state index contributed by atoms with van der Waals surface area (Å²) in [5, 5.41) is 0. The van der Waals surface area contributed by atoms with Gasteiger partial charge in [-0.2, -0.15) is 0 Å². The Morgan fingerprint density at radius 3 is 2.48 bits per heavy atom. The van der Waals surface area contributed by atoms with Crippen molar-refractivity contribution in [1.29, 1.82) is 0 Å². The maximum absolute atomic E-state index is 12.8. The molecule has 0 spiro atoms. The van der Waals surface area contributed by atoms with Gasteiger partial charge < -0.3 is 4.90 Å². The molecule has 5 heteroatoms. The van der Waals surface area contributed by atoms with Gasteiger partial charge >= 0.3 is 0 Å². The quantitative estimate of drug-likeness (QED) is 0.660. The average Bonchev–Trinajstić information content (AvgIpc) is 2.61. The van der Waals surface area contributed by atoms with Crippen LogP contribution in [0.1, 0.15) is 27.3 Å². The third kappa shape index (κ3) is 3.82. The number of carbonyl (C=O) groups is 1. The van der Waals surface area contributed by atoms with Gasteiger partial charge in [0.15, 0.2) is 0 Å². The summed E-state index contributed by atoms with van der Waals surface area (Å²) in [6, 6.07) is 13.8. The molecular weight excluding hydrogens is 330 g/mol. The first-order chi connectivity index (χ1) is 12.0. The zero-order valence-corrected chi connectivity index (χ0v) is 15.7. The molecule has 0 bridgehead atoms. The van der Waals surface area contributed by atoms with E-state index in [1.165, 1.54) is 4.90 Å². The van der Waals surface area contributed by atoms with Gasteiger partial charge in [-0.3, -0.25) is 4.79 Å². The standard InChI is InChI=1S/C20H21N3OS/c1-13-14(2)22-19-11-16(8-9-18(19)21-13)20(24)23(3)12-15-6-5-7-17(10-15)25-4/h5-11H,12H2,1-4H3. The minimum absolute atomic E-state index is 0.0171. The second kappa shape index (κ2) is 7.23. The Morgan fingerprint density at radius 2 is 1.76 bits per heavy atom. The van der Waals surface area contributed by atoms with E-state index < -0.39 is 0 Å². The van der Waals surface area contributed by atoms with Crippen LogP contribution in [0.4, 0.5) is 0 Å². The van der Waals surface area contributed by atoms with E-state index in [1.54, 1.807) is 16.7 Å². The summed E-state index contributed by atoms with van der Waals surface area (Å²) in [7, 11) is 1.82. The third-order valence-corrected chi connectivity index (χ3v) is 4.95. The van der Waals surface area contributed by atoms with Crippen molar-refractivity contribution in [3.63, 3.8) is 0 Å². The van der Waals surface area contributed by atoms with Gasteiger partial charge in [0.25, 0.3) is 5.91 Å². The van der Waals surface area contributed by atoms with Crippen molar-refractivity contribution in [1.82, 2.24) is 14.9 Å². The van der Waals surface area contributed by atoms with E-state index in [9.17, 15) is 4.79 Å². The third-order valence-electron chi connectivity index (χ3n) is 4.22. The number of hydrogen-bond acceptors (Lipinski definition) is 4. The Balaban J connectivity index is 1.84. The molecule has 2 aromatic carbocycles. The van der Waals surface area contributed by atoms with E-state index >= 15 is 0 Å². The summed E-state index contributed by atoms with van der Waals surface area (Å²) in [5.41, 5.74) is 5.13. The normalized spacial score (nSPS) is 10.9. The number of nitrogens with zero attached hydrogens (tertiary/aromatic N) is 3. The Labute approximate surface area is 152 Å². The van der Waals surface area contributed by atoms with E-state index in [2.05, 4.69) is 22.1 Å². The zero-order valence-electron chi connectivity index (χ0n) is 14.9. The first-order valence-electron chi connectivity index (χ1n) is 8.11. The van der Waals surface area contributed by atoms with Crippen LogP contribution < -0.4 is 0 Å². The second-order valence-electron chi connectivity index (χ2n) is 6.11. The molecule has 0 aliphatic heterocycles. The number of thioether (sulfide) groups is 1. The van der Waals surface area contributed by atoms with Gasteiger partial charge in [-0.05, 0) is 56.0 Å². The SMILES string of the molecule is CSc1cccc(CN(C)C(=O)c2ccc3nc(C)c(C)nc3c2)c1. The molecule has 1 heterocycles. The lowest BCUT2D eigenvalue weighted by Crippen LogP contribution is -2.26. The van der Waals surface area contributed by atoms with E-state index in [0.29, 0.717) is 12.1 Å². The van der Waals surface area contributed by atoms with E-state index in [4.69, 9.17) is 0 Å². The number of carbonyl (C=O) groups excluding carboxylic acids is 1. The van der Waals surface area contributed by atoms with E-state index in [0.717, 1.165) is 28.0 Å². The number of hydrogen-bond donors (Lipinski definition) is 0. The van der Waals surface area contributed by atoms with Crippen LogP contribution in [0.5, 0.6) is 0 Å². The molecule has 0 aliphatic carbocycles. The number of aromatic nitrogens is 2. The molecular formula is C20H21N3OS. The molecule has 0 N–H and O–H groups in total. The highest BCUT2D eigenvalue weighted by atomic mass is 32.2. The van der Waals surface area contributed by atoms with Gasteiger partial charge in [-0.1, -0.05) is 12.1 Å². The summed E-state index contributed by atoms with van der Waals surface area (Å²) < 4.78 is 0. The number of amides is 1. The molecule has 0 fully saturated rings. The molecule has 3 aromatic rings. The summed E-state index contributed by atoms with van der Waals surface area (Å²) in [6.07, 6.45) is 2.05. The van der Waals surface area contributed by atoms with Crippen LogP contribution in [0.2, 0.25) is 0 Å². The van der Waals surface area contributed by atoms with Crippen LogP contribution in [0, 0.1) is 13.8 Å². The molecule has 0 saturated heterocycles. The Kier molecular flexibility index (Phi) is 5.04. The molecule has 0 radical (unpaired) electrons. The van der Waals surface area contributed by atoms with Crippen molar-refractivity contribution >= 4 is 28.7 Å². The minimum Gasteiger partial charge on any atom is -0.337 e. The number of aryl methyl sites for hydroxylation is 2. The van der Waals surface area contributed by atoms with Crippen LogP contribution >= 0.6 is 11.8 Å². The van der Waals surface area contributed by atoms with Crippen LogP contribution in [-0.2, 0) is 6.54 Å². The van der Waals surface area contributed by atoms with E-state index in [1.807, 2.05) is 57.5 Å². The first kappa shape index (κ1) is 17.4. The zero-order chi connectivity index (χ0) is 18.0. The maximum atomic E-state index is 12.8. The number of benzene rings is 2. The molecule has 0 atom stereocenters. The van der Waals surface area contributed by atoms with Crippen molar-refractivity contribution in [2.45, 2.75) is 25.3 Å². The largest absolute Gasteiger partial charge is 0.337 e. The molecule has 25 heavy (non-hydrogen) atoms. The van der Waals surface area contributed by atoms with E-state index in [-0.39, 0.29) is 5.91 Å². The van der Waals surface area contributed by atoms with Gasteiger partial charge in [0.2, 0.25) is 0 Å². The highest BCUT2D eigenvalue weighted by molar-refractivity contribution is 7.98. The highest BCUT2D eigenvalue weighted by Gasteiger charge is 2.14. The molecule has 0 aliphatic rings. The summed E-state index contributed by atoms with van der Waals surface area (Å²) in [4.78, 5) is 24.8. The Hall–Kier alpha value is -2.40. The van der Waals surface area contributed by atoms with Gasteiger partial charge in [0.05, 0.1) is 22.4 Å². The van der Waals surface area contributed by atoms with Crippen molar-refractivity contribution in [3.05, 3.63) is 65.0 Å². The molecule has 0 saturated carbocycles. The molecule has 3 rings (SSSR count). The van der Waals surface area contributed by atoms with Crippen LogP contribution in [0.3, 0.4) is 0 Å². The lowest BCUT2D eigenvalue weighted by atomic mass is 10.1. The monoisotopic (exact) mass is 351 g/mol. The number of rotatable bonds is 4. The highest BCUT2D eigenvalue weighted by Crippen LogP contribution is 2.19. The second-order valence-corrected chi connectivity index (χ2v) is 6.99. The fraction of sp³-hybridized carbons (Fsp3) is 0.250. The fourth-order valence-corrected chi connectivity index (χ4v) is 3.18. The maximum Gasteiger partial charge on any atom is 0.253 e. The van der Waals surface area contributed by atoms with Gasteiger partial charge in [-0.25, -0.2) is 9.97 Å². The van der Waals surface area contributed by atoms with Crippen LogP contribution in [-0.4, -0.2) is 34.1 Å². The van der Waals surface area contributed by atoms with Crippen molar-refractivity contribution in [2.75, 3.05) is 13.3 Å². The van der Waals surface area contributed by atoms with Gasteiger partial charge in [-0.15, -0.1) is 11.8 Å². The summed E-state index contributed by atoms with van der Waals surface area (Å²) >= 11 is 1.70. The van der Waals surface area contributed by atoms with Gasteiger partial charge in [0.1, 0.15) is 0 Å². The lowest BCUT2D eigenvalue weighted by Gasteiger charge is -2.18. The summed E-state index contributed by atoms with van der Waals surface area (Å²) in [5.74, 6) is -0.0171. The number of fused-ring (bicyclic) bond motifs is 1. The van der Waals surface area contributed by atoms with Crippen molar-refractivity contribution in [3.8, 4) is 0 Å². The molecule has 128 valence electrons. The van der Waals surface area contributed by atoms with Crippen LogP contribution in [0.25, 0.3) is 11.0 Å². The predicted molar refractivity (Wildman–Crippen MR) is 103 cm³/mol. The van der Waals surface area contributed by atoms with Crippen molar-refractivity contribution < 1.29 is 4.79 Å². The summed E-state index contributed by atoms with van der Waals surface area (Å²) in [6.45, 7) is 4.45. The topological polar surface area (TPSA) is 46.1 Å². The molecule has 1 amide bonds. The molecule has 4 nitrogen and oxygen atoms in total. The minimum atomic E-state index is -0.0171. The van der Waals surface area contributed by atoms with Crippen molar-refractivity contribution in [2.24, 2.45) is 0 Å². The van der Waals surface area contributed by atoms with Crippen LogP contribution in [0.15, 0.2) is 47.4 Å². The van der Waals surface area contributed by atoms with Gasteiger partial charge in [0, 0.05) is 24.1 Å². The first-order valence-corrected chi connectivity index (χ1v) is 9.34. The Morgan fingerprint density at radius 1 is 1.04 bits per heavy atom. The predicted octanol–water partition coefficient (Wildman–Crippen LogP) is 4.24. The fourth-order valence-electron chi connectivity index (χ4n) is 2.70. The Bertz CT molecular complexity index is 939. The molecule has 0 unspecified atom stereocenters.